The zero-order chi connectivity index (χ0) is 19.4. The number of benzene rings is 1. The summed E-state index contributed by atoms with van der Waals surface area (Å²) in [5, 5.41) is 17.2. The Labute approximate surface area is 158 Å². The SMILES string of the molecule is CN(C)CCC(=O)Nc1ccc2c(=O)n(CC3(O)CCNCC3)cnc2c1. The van der Waals surface area contributed by atoms with E-state index in [1.807, 2.05) is 19.0 Å². The molecule has 0 saturated carbocycles. The molecule has 0 spiro atoms. The lowest BCUT2D eigenvalue weighted by molar-refractivity contribution is -0.116. The molecule has 0 atom stereocenters. The van der Waals surface area contributed by atoms with Crippen molar-refractivity contribution in [2.45, 2.75) is 31.4 Å². The lowest BCUT2D eigenvalue weighted by Crippen LogP contribution is -2.46. The summed E-state index contributed by atoms with van der Waals surface area (Å²) in [7, 11) is 3.83. The molecule has 0 radical (unpaired) electrons. The van der Waals surface area contributed by atoms with Crippen molar-refractivity contribution in [1.82, 2.24) is 19.8 Å². The van der Waals surface area contributed by atoms with E-state index in [1.165, 1.54) is 10.9 Å². The molecular formula is C19H27N5O3. The minimum absolute atomic E-state index is 0.0791. The Morgan fingerprint density at radius 2 is 2.11 bits per heavy atom. The fraction of sp³-hybridized carbons (Fsp3) is 0.526. The van der Waals surface area contributed by atoms with Gasteiger partial charge in [0.05, 0.1) is 29.4 Å². The maximum Gasteiger partial charge on any atom is 0.261 e. The molecule has 0 aliphatic carbocycles. The number of hydrogen-bond donors (Lipinski definition) is 3. The van der Waals surface area contributed by atoms with Crippen LogP contribution in [0.5, 0.6) is 0 Å². The molecule has 0 bridgehead atoms. The molecule has 0 unspecified atom stereocenters. The molecule has 2 heterocycles. The van der Waals surface area contributed by atoms with Crippen LogP contribution >= 0.6 is 0 Å². The number of nitrogens with zero attached hydrogens (tertiary/aromatic N) is 3. The van der Waals surface area contributed by atoms with Crippen molar-refractivity contribution in [2.75, 3.05) is 39.0 Å². The Bertz CT molecular complexity index is 871. The molecule has 27 heavy (non-hydrogen) atoms. The van der Waals surface area contributed by atoms with Gasteiger partial charge < -0.3 is 20.6 Å². The van der Waals surface area contributed by atoms with Gasteiger partial charge in [-0.05, 0) is 58.2 Å². The van der Waals surface area contributed by atoms with Crippen molar-refractivity contribution in [1.29, 1.82) is 0 Å². The van der Waals surface area contributed by atoms with Crippen molar-refractivity contribution in [3.05, 3.63) is 34.9 Å². The minimum atomic E-state index is -0.884. The second-order valence-electron chi connectivity index (χ2n) is 7.49. The van der Waals surface area contributed by atoms with Crippen LogP contribution < -0.4 is 16.2 Å². The Morgan fingerprint density at radius 1 is 1.37 bits per heavy atom. The maximum absolute atomic E-state index is 12.8. The summed E-state index contributed by atoms with van der Waals surface area (Å²) in [6.07, 6.45) is 3.08. The van der Waals surface area contributed by atoms with Gasteiger partial charge in [0.15, 0.2) is 0 Å². The molecule has 8 nitrogen and oxygen atoms in total. The zero-order valence-corrected chi connectivity index (χ0v) is 15.9. The number of aromatic nitrogens is 2. The number of amides is 1. The molecule has 1 aromatic carbocycles. The highest BCUT2D eigenvalue weighted by Crippen LogP contribution is 2.20. The van der Waals surface area contributed by atoms with E-state index in [4.69, 9.17) is 0 Å². The molecular weight excluding hydrogens is 346 g/mol. The fourth-order valence-electron chi connectivity index (χ4n) is 3.26. The molecule has 3 N–H and O–H groups in total. The monoisotopic (exact) mass is 373 g/mol. The molecule has 2 aromatic rings. The molecule has 8 heteroatoms. The van der Waals surface area contributed by atoms with Crippen LogP contribution in [0, 0.1) is 0 Å². The van der Waals surface area contributed by atoms with Crippen molar-refractivity contribution < 1.29 is 9.90 Å². The Kier molecular flexibility index (Phi) is 5.88. The molecule has 1 aromatic heterocycles. The molecule has 1 saturated heterocycles. The van der Waals surface area contributed by atoms with Gasteiger partial charge in [0.25, 0.3) is 5.56 Å². The van der Waals surface area contributed by atoms with E-state index in [9.17, 15) is 14.7 Å². The van der Waals surface area contributed by atoms with E-state index in [2.05, 4.69) is 15.6 Å². The van der Waals surface area contributed by atoms with Crippen LogP contribution in [-0.2, 0) is 11.3 Å². The first-order chi connectivity index (χ1) is 12.9. The van der Waals surface area contributed by atoms with E-state index < -0.39 is 5.60 Å². The lowest BCUT2D eigenvalue weighted by Gasteiger charge is -2.32. The molecule has 1 aliphatic rings. The van der Waals surface area contributed by atoms with Gasteiger partial charge in [-0.1, -0.05) is 0 Å². The number of carbonyl (C=O) groups is 1. The Morgan fingerprint density at radius 3 is 2.81 bits per heavy atom. The standard InChI is InChI=1S/C19H27N5O3/c1-23(2)10-5-17(25)22-14-3-4-15-16(11-14)21-13-24(18(15)26)12-19(27)6-8-20-9-7-19/h3-4,11,13,20,27H,5-10,12H2,1-2H3,(H,22,25). The minimum Gasteiger partial charge on any atom is -0.388 e. The third-order valence-electron chi connectivity index (χ3n) is 4.89. The molecule has 1 aliphatic heterocycles. The molecule has 3 rings (SSSR count). The van der Waals surface area contributed by atoms with Gasteiger partial charge >= 0.3 is 0 Å². The highest BCUT2D eigenvalue weighted by molar-refractivity contribution is 5.93. The summed E-state index contributed by atoms with van der Waals surface area (Å²) < 4.78 is 1.48. The van der Waals surface area contributed by atoms with Crippen LogP contribution in [0.4, 0.5) is 5.69 Å². The summed E-state index contributed by atoms with van der Waals surface area (Å²) in [6, 6.07) is 5.09. The second kappa shape index (κ2) is 8.16. The van der Waals surface area contributed by atoms with Crippen LogP contribution in [0.1, 0.15) is 19.3 Å². The van der Waals surface area contributed by atoms with Crippen LogP contribution in [0.25, 0.3) is 10.9 Å². The number of hydrogen-bond acceptors (Lipinski definition) is 6. The molecule has 146 valence electrons. The number of anilines is 1. The lowest BCUT2D eigenvalue weighted by atomic mass is 9.92. The van der Waals surface area contributed by atoms with Gasteiger partial charge in [-0.2, -0.15) is 0 Å². The van der Waals surface area contributed by atoms with E-state index in [0.29, 0.717) is 42.4 Å². The summed E-state index contributed by atoms with van der Waals surface area (Å²) in [5.74, 6) is -0.0791. The van der Waals surface area contributed by atoms with Gasteiger partial charge in [-0.3, -0.25) is 14.2 Å². The third-order valence-corrected chi connectivity index (χ3v) is 4.89. The Hall–Kier alpha value is -2.29. The maximum atomic E-state index is 12.8. The number of rotatable bonds is 6. The smallest absolute Gasteiger partial charge is 0.261 e. The first kappa shape index (κ1) is 19.5. The van der Waals surface area contributed by atoms with E-state index in [1.54, 1.807) is 18.2 Å². The average Bonchev–Trinajstić information content (AvgIpc) is 2.63. The summed E-state index contributed by atoms with van der Waals surface area (Å²) in [4.78, 5) is 31.0. The van der Waals surface area contributed by atoms with E-state index in [0.717, 1.165) is 13.1 Å². The molecule has 1 amide bonds. The van der Waals surface area contributed by atoms with Gasteiger partial charge in [-0.15, -0.1) is 0 Å². The van der Waals surface area contributed by atoms with E-state index in [-0.39, 0.29) is 18.0 Å². The Balaban J connectivity index is 1.77. The second-order valence-corrected chi connectivity index (χ2v) is 7.49. The number of fused-ring (bicyclic) bond motifs is 1. The fourth-order valence-corrected chi connectivity index (χ4v) is 3.26. The van der Waals surface area contributed by atoms with Gasteiger partial charge in [0.1, 0.15) is 0 Å². The van der Waals surface area contributed by atoms with Gasteiger partial charge in [0, 0.05) is 18.7 Å². The predicted octanol–water partition coefficient (Wildman–Crippen LogP) is 0.401. The number of piperidine rings is 1. The number of nitrogens with one attached hydrogen (secondary N) is 2. The van der Waals surface area contributed by atoms with Crippen molar-refractivity contribution in [3.63, 3.8) is 0 Å². The first-order valence-electron chi connectivity index (χ1n) is 9.23. The average molecular weight is 373 g/mol. The van der Waals surface area contributed by atoms with E-state index >= 15 is 0 Å². The molecule has 1 fully saturated rings. The third kappa shape index (κ3) is 4.91. The van der Waals surface area contributed by atoms with Crippen LogP contribution in [0.2, 0.25) is 0 Å². The van der Waals surface area contributed by atoms with Crippen LogP contribution in [0.3, 0.4) is 0 Å². The van der Waals surface area contributed by atoms with Crippen LogP contribution in [-0.4, -0.2) is 64.8 Å². The zero-order valence-electron chi connectivity index (χ0n) is 15.9. The van der Waals surface area contributed by atoms with Crippen molar-refractivity contribution in [2.24, 2.45) is 0 Å². The quantitative estimate of drug-likeness (QED) is 0.678. The largest absolute Gasteiger partial charge is 0.388 e. The summed E-state index contributed by atoms with van der Waals surface area (Å²) >= 11 is 0. The summed E-state index contributed by atoms with van der Waals surface area (Å²) in [6.45, 7) is 2.38. The number of aliphatic hydroxyl groups is 1. The topological polar surface area (TPSA) is 99.5 Å². The predicted molar refractivity (Wildman–Crippen MR) is 105 cm³/mol. The highest BCUT2D eigenvalue weighted by atomic mass is 16.3. The van der Waals surface area contributed by atoms with Crippen LogP contribution in [0.15, 0.2) is 29.3 Å². The van der Waals surface area contributed by atoms with Crippen molar-refractivity contribution >= 4 is 22.5 Å². The normalized spacial score (nSPS) is 16.6. The summed E-state index contributed by atoms with van der Waals surface area (Å²) in [5.41, 5.74) is 0.0782. The first-order valence-corrected chi connectivity index (χ1v) is 9.23. The number of carbonyl (C=O) groups excluding carboxylic acids is 1. The van der Waals surface area contributed by atoms with Gasteiger partial charge in [-0.25, -0.2) is 4.98 Å². The van der Waals surface area contributed by atoms with Crippen molar-refractivity contribution in [3.8, 4) is 0 Å². The highest BCUT2D eigenvalue weighted by Gasteiger charge is 2.30. The van der Waals surface area contributed by atoms with Gasteiger partial charge in [0.2, 0.25) is 5.91 Å².